The zero-order chi connectivity index (χ0) is 19.5. The predicted molar refractivity (Wildman–Crippen MR) is 109 cm³/mol. The third-order valence-corrected chi connectivity index (χ3v) is 5.35. The van der Waals surface area contributed by atoms with Crippen LogP contribution in [0.1, 0.15) is 34.7 Å². The van der Waals surface area contributed by atoms with Crippen LogP contribution in [0.2, 0.25) is 10.0 Å². The molecule has 3 aromatic rings. The topological polar surface area (TPSA) is 63.3 Å². The van der Waals surface area contributed by atoms with Crippen molar-refractivity contribution >= 4 is 34.9 Å². The third kappa shape index (κ3) is 4.41. The van der Waals surface area contributed by atoms with Gasteiger partial charge in [0.15, 0.2) is 11.6 Å². The molecule has 1 aromatic carbocycles. The van der Waals surface area contributed by atoms with Crippen LogP contribution in [0.15, 0.2) is 47.0 Å². The van der Waals surface area contributed by atoms with E-state index in [0.717, 1.165) is 31.0 Å². The Hall–Kier alpha value is -2.28. The number of hydrogen-bond acceptors (Lipinski definition) is 4. The van der Waals surface area contributed by atoms with E-state index in [1.54, 1.807) is 16.9 Å². The summed E-state index contributed by atoms with van der Waals surface area (Å²) in [6.07, 6.45) is 4.08. The van der Waals surface area contributed by atoms with Crippen molar-refractivity contribution in [2.24, 2.45) is 0 Å². The van der Waals surface area contributed by atoms with E-state index in [1.807, 2.05) is 30.3 Å². The minimum Gasteiger partial charge on any atom is -0.455 e. The number of furan rings is 1. The van der Waals surface area contributed by atoms with Gasteiger partial charge in [0.25, 0.3) is 5.91 Å². The summed E-state index contributed by atoms with van der Waals surface area (Å²) < 4.78 is 7.33. The molecule has 4 rings (SSSR count). The molecule has 28 heavy (non-hydrogen) atoms. The number of benzene rings is 1. The molecule has 2 aromatic heterocycles. The number of halogens is 2. The van der Waals surface area contributed by atoms with Crippen LogP contribution in [0.4, 0.5) is 5.82 Å². The molecule has 0 spiro atoms. The van der Waals surface area contributed by atoms with Gasteiger partial charge in [-0.15, -0.1) is 0 Å². The first-order valence-electron chi connectivity index (χ1n) is 9.17. The maximum absolute atomic E-state index is 12.5. The molecular formula is C20H20Cl2N4O2. The Morgan fingerprint density at radius 1 is 1.07 bits per heavy atom. The van der Waals surface area contributed by atoms with Crippen LogP contribution in [0.25, 0.3) is 0 Å². The average Bonchev–Trinajstić information content (AvgIpc) is 3.41. The van der Waals surface area contributed by atoms with E-state index in [4.69, 9.17) is 27.6 Å². The maximum atomic E-state index is 12.5. The van der Waals surface area contributed by atoms with Crippen LogP contribution in [0.3, 0.4) is 0 Å². The summed E-state index contributed by atoms with van der Waals surface area (Å²) in [7, 11) is 0. The average molecular weight is 419 g/mol. The zero-order valence-electron chi connectivity index (χ0n) is 15.2. The van der Waals surface area contributed by atoms with Gasteiger partial charge in [0, 0.05) is 11.2 Å². The number of carbonyl (C=O) groups excluding carboxylic acids is 1. The van der Waals surface area contributed by atoms with E-state index in [1.165, 1.54) is 12.8 Å². The molecular weight excluding hydrogens is 399 g/mol. The van der Waals surface area contributed by atoms with E-state index in [-0.39, 0.29) is 17.5 Å². The van der Waals surface area contributed by atoms with Gasteiger partial charge in [0.1, 0.15) is 10.8 Å². The van der Waals surface area contributed by atoms with Gasteiger partial charge < -0.3 is 9.73 Å². The summed E-state index contributed by atoms with van der Waals surface area (Å²) >= 11 is 12.4. The number of anilines is 1. The molecule has 0 unspecified atom stereocenters. The van der Waals surface area contributed by atoms with Gasteiger partial charge in [-0.05, 0) is 49.7 Å². The number of likely N-dealkylation sites (tertiary alicyclic amines) is 1. The lowest BCUT2D eigenvalue weighted by atomic mass is 10.2. The second kappa shape index (κ2) is 8.39. The molecule has 1 aliphatic rings. The van der Waals surface area contributed by atoms with E-state index in [9.17, 15) is 4.79 Å². The standard InChI is InChI=1S/C20H20Cl2N4O2/c21-16-6-2-1-5-14(16)11-26-13-17(22)19(24-26)23-20(27)18-8-7-15(28-18)12-25-9-3-4-10-25/h1-2,5-8,13H,3-4,9-12H2,(H,23,24,27). The molecule has 0 saturated carbocycles. The van der Waals surface area contributed by atoms with Gasteiger partial charge in [-0.2, -0.15) is 5.10 Å². The van der Waals surface area contributed by atoms with Crippen molar-refractivity contribution in [1.82, 2.24) is 14.7 Å². The molecule has 1 N–H and O–H groups in total. The second-order valence-electron chi connectivity index (χ2n) is 6.82. The van der Waals surface area contributed by atoms with Crippen molar-refractivity contribution in [2.45, 2.75) is 25.9 Å². The van der Waals surface area contributed by atoms with Crippen molar-refractivity contribution in [3.63, 3.8) is 0 Å². The van der Waals surface area contributed by atoms with Crippen molar-refractivity contribution in [1.29, 1.82) is 0 Å². The van der Waals surface area contributed by atoms with Crippen molar-refractivity contribution in [3.05, 3.63) is 69.7 Å². The van der Waals surface area contributed by atoms with Crippen molar-refractivity contribution < 1.29 is 9.21 Å². The Bertz CT molecular complexity index is 976. The van der Waals surface area contributed by atoms with Gasteiger partial charge in [0.05, 0.1) is 13.1 Å². The molecule has 6 nitrogen and oxygen atoms in total. The van der Waals surface area contributed by atoms with Crippen LogP contribution >= 0.6 is 23.2 Å². The number of nitrogens with zero attached hydrogens (tertiary/aromatic N) is 3. The predicted octanol–water partition coefficient (Wildman–Crippen LogP) is 4.68. The number of carbonyl (C=O) groups is 1. The molecule has 3 heterocycles. The van der Waals surface area contributed by atoms with E-state index < -0.39 is 0 Å². The van der Waals surface area contributed by atoms with Crippen LogP contribution in [-0.4, -0.2) is 33.7 Å². The van der Waals surface area contributed by atoms with Crippen LogP contribution in [0.5, 0.6) is 0 Å². The summed E-state index contributed by atoms with van der Waals surface area (Å²) in [4.78, 5) is 14.8. The normalized spacial score (nSPS) is 14.5. The number of hydrogen-bond donors (Lipinski definition) is 1. The van der Waals surface area contributed by atoms with Crippen LogP contribution in [0, 0.1) is 0 Å². The van der Waals surface area contributed by atoms with Gasteiger partial charge in [-0.1, -0.05) is 41.4 Å². The van der Waals surface area contributed by atoms with E-state index in [2.05, 4.69) is 15.3 Å². The molecule has 0 radical (unpaired) electrons. The molecule has 1 fully saturated rings. The summed E-state index contributed by atoms with van der Waals surface area (Å²) in [6, 6.07) is 11.0. The Kier molecular flexibility index (Phi) is 5.71. The third-order valence-electron chi connectivity index (χ3n) is 4.70. The SMILES string of the molecule is O=C(Nc1nn(Cc2ccccc2Cl)cc1Cl)c1ccc(CN2CCCC2)o1. The molecule has 0 atom stereocenters. The molecule has 1 saturated heterocycles. The molecule has 0 aliphatic carbocycles. The summed E-state index contributed by atoms with van der Waals surface area (Å²) in [6.45, 7) is 3.32. The molecule has 146 valence electrons. The quantitative estimate of drug-likeness (QED) is 0.630. The Morgan fingerprint density at radius 3 is 2.64 bits per heavy atom. The highest BCUT2D eigenvalue weighted by Gasteiger charge is 2.18. The Balaban J connectivity index is 1.41. The highest BCUT2D eigenvalue weighted by Crippen LogP contribution is 2.23. The first kappa shape index (κ1) is 19.1. The second-order valence-corrected chi connectivity index (χ2v) is 7.63. The van der Waals surface area contributed by atoms with E-state index >= 15 is 0 Å². The lowest BCUT2D eigenvalue weighted by Gasteiger charge is -2.11. The number of amides is 1. The largest absolute Gasteiger partial charge is 0.455 e. The molecule has 8 heteroatoms. The summed E-state index contributed by atoms with van der Waals surface area (Å²) in [5, 5.41) is 8.06. The molecule has 0 bridgehead atoms. The Labute approximate surface area is 173 Å². The first-order valence-corrected chi connectivity index (χ1v) is 9.93. The van der Waals surface area contributed by atoms with E-state index in [0.29, 0.717) is 16.6 Å². The maximum Gasteiger partial charge on any atom is 0.292 e. The minimum atomic E-state index is -0.377. The van der Waals surface area contributed by atoms with Gasteiger partial charge >= 0.3 is 0 Å². The number of rotatable bonds is 6. The monoisotopic (exact) mass is 418 g/mol. The van der Waals surface area contributed by atoms with Crippen molar-refractivity contribution in [3.8, 4) is 0 Å². The number of nitrogens with one attached hydrogen (secondary N) is 1. The van der Waals surface area contributed by atoms with Crippen molar-refractivity contribution in [2.75, 3.05) is 18.4 Å². The van der Waals surface area contributed by atoms with Crippen LogP contribution < -0.4 is 5.32 Å². The minimum absolute atomic E-state index is 0.242. The van der Waals surface area contributed by atoms with Gasteiger partial charge in [-0.3, -0.25) is 14.4 Å². The molecule has 1 aliphatic heterocycles. The number of aromatic nitrogens is 2. The van der Waals surface area contributed by atoms with Gasteiger partial charge in [0.2, 0.25) is 0 Å². The summed E-state index contributed by atoms with van der Waals surface area (Å²) in [5.41, 5.74) is 0.916. The van der Waals surface area contributed by atoms with Gasteiger partial charge in [-0.25, -0.2) is 0 Å². The highest BCUT2D eigenvalue weighted by atomic mass is 35.5. The fraction of sp³-hybridized carbons (Fsp3) is 0.300. The first-order chi connectivity index (χ1) is 13.6. The Morgan fingerprint density at radius 2 is 1.86 bits per heavy atom. The smallest absolute Gasteiger partial charge is 0.292 e. The fourth-order valence-electron chi connectivity index (χ4n) is 3.28. The van der Waals surface area contributed by atoms with Crippen LogP contribution in [-0.2, 0) is 13.1 Å². The lowest BCUT2D eigenvalue weighted by Crippen LogP contribution is -2.18. The summed E-state index contributed by atoms with van der Waals surface area (Å²) in [5.74, 6) is 0.932. The zero-order valence-corrected chi connectivity index (χ0v) is 16.7. The highest BCUT2D eigenvalue weighted by molar-refractivity contribution is 6.33. The molecule has 1 amide bonds. The lowest BCUT2D eigenvalue weighted by molar-refractivity contribution is 0.0993. The fourth-order valence-corrected chi connectivity index (χ4v) is 3.67.